The van der Waals surface area contributed by atoms with Crippen LogP contribution in [0.15, 0.2) is 12.1 Å². The fourth-order valence-electron chi connectivity index (χ4n) is 1.07. The smallest absolute Gasteiger partial charge is 0.139 e. The maximum atomic E-state index is 5.95. The lowest BCUT2D eigenvalue weighted by Gasteiger charge is -2.16. The Kier molecular flexibility index (Phi) is 5.00. The van der Waals surface area contributed by atoms with Gasteiger partial charge in [-0.2, -0.15) is 0 Å². The summed E-state index contributed by atoms with van der Waals surface area (Å²) in [5, 5.41) is 1.27. The number of ether oxygens (including phenoxy) is 1. The Balaban J connectivity index is 2.89. The molecule has 0 aromatic heterocycles. The van der Waals surface area contributed by atoms with Gasteiger partial charge in [-0.1, -0.05) is 41.7 Å². The number of hydrogen-bond acceptors (Lipinski definition) is 2. The zero-order chi connectivity index (χ0) is 11.4. The van der Waals surface area contributed by atoms with E-state index in [0.29, 0.717) is 27.4 Å². The molecule has 1 unspecified atom stereocenters. The van der Waals surface area contributed by atoms with Crippen molar-refractivity contribution in [1.82, 2.24) is 0 Å². The second kappa shape index (κ2) is 5.80. The molecule has 0 saturated carbocycles. The predicted octanol–water partition coefficient (Wildman–Crippen LogP) is 3.76. The summed E-state index contributed by atoms with van der Waals surface area (Å²) >= 11 is 17.6. The van der Waals surface area contributed by atoms with Crippen molar-refractivity contribution < 1.29 is 4.74 Å². The number of hydrogen-bond donors (Lipinski definition) is 1. The van der Waals surface area contributed by atoms with Crippen LogP contribution in [0.3, 0.4) is 0 Å². The van der Waals surface area contributed by atoms with Crippen molar-refractivity contribution >= 4 is 34.8 Å². The van der Waals surface area contributed by atoms with Crippen molar-refractivity contribution in [1.29, 1.82) is 0 Å². The van der Waals surface area contributed by atoms with Crippen molar-refractivity contribution in [3.8, 4) is 5.75 Å². The molecule has 0 saturated heterocycles. The number of halogens is 3. The predicted molar refractivity (Wildman–Crippen MR) is 65.2 cm³/mol. The van der Waals surface area contributed by atoms with Crippen LogP contribution in [0.2, 0.25) is 15.1 Å². The lowest BCUT2D eigenvalue weighted by atomic mass is 10.2. The molecule has 15 heavy (non-hydrogen) atoms. The molecule has 0 fully saturated rings. The summed E-state index contributed by atoms with van der Waals surface area (Å²) in [5.74, 6) is 0.517. The lowest BCUT2D eigenvalue weighted by Crippen LogP contribution is -2.25. The van der Waals surface area contributed by atoms with Crippen molar-refractivity contribution in [2.24, 2.45) is 5.73 Å². The van der Waals surface area contributed by atoms with Gasteiger partial charge in [0.05, 0.1) is 15.1 Å². The molecule has 1 aromatic rings. The van der Waals surface area contributed by atoms with E-state index in [1.165, 1.54) is 0 Å². The molecule has 0 heterocycles. The van der Waals surface area contributed by atoms with Gasteiger partial charge in [-0.05, 0) is 12.5 Å². The number of nitrogens with two attached hydrogens (primary N) is 1. The maximum Gasteiger partial charge on any atom is 0.139 e. The second-order valence-electron chi connectivity index (χ2n) is 3.08. The van der Waals surface area contributed by atoms with Crippen LogP contribution in [-0.2, 0) is 0 Å². The summed E-state index contributed by atoms with van der Waals surface area (Å²) in [6, 6.07) is 3.16. The van der Waals surface area contributed by atoms with Gasteiger partial charge in [-0.15, -0.1) is 0 Å². The highest BCUT2D eigenvalue weighted by Gasteiger charge is 2.11. The topological polar surface area (TPSA) is 35.2 Å². The minimum atomic E-state index is -0.0558. The Labute approximate surface area is 104 Å². The molecule has 84 valence electrons. The first-order valence-electron chi connectivity index (χ1n) is 4.59. The van der Waals surface area contributed by atoms with Crippen LogP contribution in [0.4, 0.5) is 0 Å². The zero-order valence-electron chi connectivity index (χ0n) is 8.27. The summed E-state index contributed by atoms with van der Waals surface area (Å²) in [5.41, 5.74) is 5.52. The van der Waals surface area contributed by atoms with E-state index in [-0.39, 0.29) is 6.10 Å². The van der Waals surface area contributed by atoms with Gasteiger partial charge in [-0.25, -0.2) is 0 Å². The SMILES string of the molecule is CCC(CN)Oc1cc(Cl)c(Cl)cc1Cl. The summed E-state index contributed by atoms with van der Waals surface area (Å²) < 4.78 is 5.58. The highest BCUT2D eigenvalue weighted by atomic mass is 35.5. The van der Waals surface area contributed by atoms with E-state index in [9.17, 15) is 0 Å². The molecule has 1 aromatic carbocycles. The number of benzene rings is 1. The second-order valence-corrected chi connectivity index (χ2v) is 4.30. The number of rotatable bonds is 4. The molecule has 1 atom stereocenters. The van der Waals surface area contributed by atoms with Crippen molar-refractivity contribution in [3.63, 3.8) is 0 Å². The third kappa shape index (κ3) is 3.42. The molecule has 1 rings (SSSR count). The van der Waals surface area contributed by atoms with Gasteiger partial charge in [0.2, 0.25) is 0 Å². The van der Waals surface area contributed by atoms with Gasteiger partial charge in [0.25, 0.3) is 0 Å². The highest BCUT2D eigenvalue weighted by Crippen LogP contribution is 2.34. The van der Waals surface area contributed by atoms with Gasteiger partial charge in [-0.3, -0.25) is 0 Å². The van der Waals surface area contributed by atoms with Crippen molar-refractivity contribution in [2.45, 2.75) is 19.4 Å². The molecule has 0 amide bonds. The van der Waals surface area contributed by atoms with E-state index < -0.39 is 0 Å². The summed E-state index contributed by atoms with van der Waals surface area (Å²) in [7, 11) is 0. The maximum absolute atomic E-state index is 5.95. The standard InChI is InChI=1S/C10H12Cl3NO/c1-2-6(5-14)15-10-4-8(12)7(11)3-9(10)13/h3-4,6H,2,5,14H2,1H3. The van der Waals surface area contributed by atoms with Crippen molar-refractivity contribution in [2.75, 3.05) is 6.54 Å². The fourth-order valence-corrected chi connectivity index (χ4v) is 1.65. The van der Waals surface area contributed by atoms with Crippen LogP contribution in [0, 0.1) is 0 Å². The summed E-state index contributed by atoms with van der Waals surface area (Å²) in [6.45, 7) is 2.43. The molecular weight excluding hydrogens is 256 g/mol. The fraction of sp³-hybridized carbons (Fsp3) is 0.400. The first-order valence-corrected chi connectivity index (χ1v) is 5.73. The van der Waals surface area contributed by atoms with Crippen LogP contribution in [-0.4, -0.2) is 12.6 Å². The molecule has 0 aliphatic carbocycles. The van der Waals surface area contributed by atoms with E-state index in [1.54, 1.807) is 12.1 Å². The van der Waals surface area contributed by atoms with Crippen LogP contribution >= 0.6 is 34.8 Å². The Morgan fingerprint density at radius 3 is 2.33 bits per heavy atom. The third-order valence-electron chi connectivity index (χ3n) is 1.99. The minimum absolute atomic E-state index is 0.0558. The van der Waals surface area contributed by atoms with E-state index in [1.807, 2.05) is 6.92 Å². The van der Waals surface area contributed by atoms with Crippen LogP contribution in [0.5, 0.6) is 5.75 Å². The molecular formula is C10H12Cl3NO. The van der Waals surface area contributed by atoms with E-state index in [4.69, 9.17) is 45.3 Å². The summed E-state index contributed by atoms with van der Waals surface area (Å²) in [6.07, 6.45) is 0.757. The Bertz CT molecular complexity index is 340. The normalized spacial score (nSPS) is 12.6. The molecule has 0 aliphatic heterocycles. The van der Waals surface area contributed by atoms with E-state index in [0.717, 1.165) is 6.42 Å². The molecule has 0 aliphatic rings. The van der Waals surface area contributed by atoms with Crippen LogP contribution < -0.4 is 10.5 Å². The molecule has 2 nitrogen and oxygen atoms in total. The largest absolute Gasteiger partial charge is 0.488 e. The molecule has 2 N–H and O–H groups in total. The quantitative estimate of drug-likeness (QED) is 0.844. The average molecular weight is 269 g/mol. The Hall–Kier alpha value is -0.150. The first-order chi connectivity index (χ1) is 7.08. The molecule has 5 heteroatoms. The van der Waals surface area contributed by atoms with Crippen molar-refractivity contribution in [3.05, 3.63) is 27.2 Å². The van der Waals surface area contributed by atoms with Gasteiger partial charge in [0.1, 0.15) is 11.9 Å². The van der Waals surface area contributed by atoms with Crippen LogP contribution in [0.1, 0.15) is 13.3 Å². The van der Waals surface area contributed by atoms with Gasteiger partial charge in [0.15, 0.2) is 0 Å². The molecule has 0 radical (unpaired) electrons. The van der Waals surface area contributed by atoms with E-state index >= 15 is 0 Å². The molecule has 0 bridgehead atoms. The average Bonchev–Trinajstić information content (AvgIpc) is 2.21. The third-order valence-corrected chi connectivity index (χ3v) is 3.00. The van der Waals surface area contributed by atoms with Gasteiger partial charge < -0.3 is 10.5 Å². The highest BCUT2D eigenvalue weighted by molar-refractivity contribution is 6.43. The van der Waals surface area contributed by atoms with Gasteiger partial charge >= 0.3 is 0 Å². The first kappa shape index (κ1) is 12.9. The van der Waals surface area contributed by atoms with E-state index in [2.05, 4.69) is 0 Å². The lowest BCUT2D eigenvalue weighted by molar-refractivity contribution is 0.205. The Morgan fingerprint density at radius 1 is 1.20 bits per heavy atom. The Morgan fingerprint density at radius 2 is 1.80 bits per heavy atom. The van der Waals surface area contributed by atoms with Gasteiger partial charge in [0, 0.05) is 12.6 Å². The molecule has 0 spiro atoms. The minimum Gasteiger partial charge on any atom is -0.488 e. The zero-order valence-corrected chi connectivity index (χ0v) is 10.5. The monoisotopic (exact) mass is 267 g/mol. The van der Waals surface area contributed by atoms with Crippen LogP contribution in [0.25, 0.3) is 0 Å². The summed E-state index contributed by atoms with van der Waals surface area (Å²) in [4.78, 5) is 0.